The van der Waals surface area contributed by atoms with E-state index in [1.54, 1.807) is 6.20 Å². The minimum atomic E-state index is -0.682. The first kappa shape index (κ1) is 11.3. The number of amides is 1. The van der Waals surface area contributed by atoms with E-state index in [0.717, 1.165) is 18.1 Å². The molecule has 6 heteroatoms. The van der Waals surface area contributed by atoms with Crippen LogP contribution in [0.15, 0.2) is 24.5 Å². The summed E-state index contributed by atoms with van der Waals surface area (Å²) in [4.78, 5) is 15.2. The summed E-state index contributed by atoms with van der Waals surface area (Å²) in [6.45, 7) is 1.95. The van der Waals surface area contributed by atoms with Crippen molar-refractivity contribution in [3.63, 3.8) is 0 Å². The van der Waals surface area contributed by atoms with Crippen LogP contribution in [0.2, 0.25) is 0 Å². The zero-order valence-electron chi connectivity index (χ0n) is 9.20. The number of nitrogens with one attached hydrogen (secondary N) is 2. The van der Waals surface area contributed by atoms with E-state index in [9.17, 15) is 9.18 Å². The lowest BCUT2D eigenvalue weighted by Gasteiger charge is -2.04. The lowest BCUT2D eigenvalue weighted by Crippen LogP contribution is -2.13. The number of anilines is 1. The molecule has 0 aliphatic rings. The van der Waals surface area contributed by atoms with Crippen LogP contribution in [-0.4, -0.2) is 21.1 Å². The fourth-order valence-corrected chi connectivity index (χ4v) is 1.42. The number of aromatic amines is 1. The maximum atomic E-state index is 12.8. The van der Waals surface area contributed by atoms with E-state index < -0.39 is 11.9 Å². The van der Waals surface area contributed by atoms with Crippen LogP contribution in [0.4, 0.5) is 10.2 Å². The fraction of sp³-hybridized carbons (Fsp3) is 0.182. The summed E-state index contributed by atoms with van der Waals surface area (Å²) < 4.78 is 12.8. The van der Waals surface area contributed by atoms with E-state index >= 15 is 0 Å². The Morgan fingerprint density at radius 2 is 2.41 bits per heavy atom. The number of hydrogen-bond donors (Lipinski definition) is 2. The molecule has 2 heterocycles. The predicted octanol–water partition coefficient (Wildman–Crippen LogP) is 1.76. The summed E-state index contributed by atoms with van der Waals surface area (Å²) in [5.41, 5.74) is 1.11. The van der Waals surface area contributed by atoms with Crippen LogP contribution in [0.3, 0.4) is 0 Å². The summed E-state index contributed by atoms with van der Waals surface area (Å²) >= 11 is 0. The lowest BCUT2D eigenvalue weighted by atomic mass is 10.2. The fourth-order valence-electron chi connectivity index (χ4n) is 1.42. The van der Waals surface area contributed by atoms with Gasteiger partial charge in [-0.25, -0.2) is 4.98 Å². The molecule has 0 unspecified atom stereocenters. The molecule has 0 aliphatic carbocycles. The van der Waals surface area contributed by atoms with E-state index in [1.807, 2.05) is 6.92 Å². The standard InChI is InChI=1S/C11H11FN4O/c1-2-7-6-14-16-10(7)15-11(17)8-3-4-13-9(12)5-8/h3-6H,2H2,1H3,(H2,14,15,16,17). The Morgan fingerprint density at radius 1 is 1.59 bits per heavy atom. The van der Waals surface area contributed by atoms with Crippen molar-refractivity contribution >= 4 is 11.7 Å². The van der Waals surface area contributed by atoms with Gasteiger partial charge in [-0.05, 0) is 12.5 Å². The SMILES string of the molecule is CCc1cn[nH]c1NC(=O)c1ccnc(F)c1. The van der Waals surface area contributed by atoms with Gasteiger partial charge >= 0.3 is 0 Å². The zero-order valence-corrected chi connectivity index (χ0v) is 9.20. The third-order valence-corrected chi connectivity index (χ3v) is 2.33. The average Bonchev–Trinajstić information content (AvgIpc) is 2.76. The summed E-state index contributed by atoms with van der Waals surface area (Å²) in [6, 6.07) is 2.53. The monoisotopic (exact) mass is 234 g/mol. The van der Waals surface area contributed by atoms with E-state index in [2.05, 4.69) is 20.5 Å². The number of carbonyl (C=O) groups excluding carboxylic acids is 1. The first-order valence-corrected chi connectivity index (χ1v) is 5.16. The summed E-state index contributed by atoms with van der Waals surface area (Å²) in [6.07, 6.45) is 3.64. The van der Waals surface area contributed by atoms with Crippen molar-refractivity contribution in [1.29, 1.82) is 0 Å². The van der Waals surface area contributed by atoms with Crippen LogP contribution in [-0.2, 0) is 6.42 Å². The molecule has 0 saturated carbocycles. The van der Waals surface area contributed by atoms with Crippen molar-refractivity contribution in [2.75, 3.05) is 5.32 Å². The second-order valence-corrected chi connectivity index (χ2v) is 3.45. The lowest BCUT2D eigenvalue weighted by molar-refractivity contribution is 0.102. The molecule has 0 spiro atoms. The topological polar surface area (TPSA) is 70.7 Å². The Bertz CT molecular complexity index is 538. The van der Waals surface area contributed by atoms with Gasteiger partial charge < -0.3 is 5.32 Å². The average molecular weight is 234 g/mol. The molecule has 1 amide bonds. The van der Waals surface area contributed by atoms with Crippen LogP contribution in [0.25, 0.3) is 0 Å². The molecular formula is C11H11FN4O. The van der Waals surface area contributed by atoms with Crippen LogP contribution in [0, 0.1) is 5.95 Å². The van der Waals surface area contributed by atoms with Crippen molar-refractivity contribution in [3.05, 3.63) is 41.6 Å². The van der Waals surface area contributed by atoms with Gasteiger partial charge in [-0.15, -0.1) is 0 Å². The maximum absolute atomic E-state index is 12.8. The number of nitrogens with zero attached hydrogens (tertiary/aromatic N) is 2. The first-order valence-electron chi connectivity index (χ1n) is 5.16. The van der Waals surface area contributed by atoms with E-state index in [-0.39, 0.29) is 5.56 Å². The predicted molar refractivity (Wildman–Crippen MR) is 60.1 cm³/mol. The molecule has 0 aromatic carbocycles. The summed E-state index contributed by atoms with van der Waals surface area (Å²) in [5.74, 6) is -0.544. The van der Waals surface area contributed by atoms with E-state index in [4.69, 9.17) is 0 Å². The molecule has 0 radical (unpaired) electrons. The number of carbonyl (C=O) groups is 1. The molecule has 0 aliphatic heterocycles. The van der Waals surface area contributed by atoms with Crippen molar-refractivity contribution < 1.29 is 9.18 Å². The van der Waals surface area contributed by atoms with Crippen LogP contribution >= 0.6 is 0 Å². The molecule has 2 aromatic rings. The number of hydrogen-bond acceptors (Lipinski definition) is 3. The number of pyridine rings is 1. The number of H-pyrrole nitrogens is 1. The Labute approximate surface area is 97.1 Å². The minimum Gasteiger partial charge on any atom is -0.307 e. The Kier molecular flexibility index (Phi) is 3.13. The summed E-state index contributed by atoms with van der Waals surface area (Å²) in [7, 11) is 0. The molecule has 88 valence electrons. The van der Waals surface area contributed by atoms with Gasteiger partial charge in [-0.2, -0.15) is 9.49 Å². The Balaban J connectivity index is 2.17. The smallest absolute Gasteiger partial charge is 0.257 e. The van der Waals surface area contributed by atoms with Crippen LogP contribution in [0.1, 0.15) is 22.8 Å². The Morgan fingerprint density at radius 3 is 3.12 bits per heavy atom. The largest absolute Gasteiger partial charge is 0.307 e. The molecule has 2 aromatic heterocycles. The molecule has 0 bridgehead atoms. The van der Waals surface area contributed by atoms with Crippen LogP contribution in [0.5, 0.6) is 0 Å². The highest BCUT2D eigenvalue weighted by Gasteiger charge is 2.10. The van der Waals surface area contributed by atoms with Crippen molar-refractivity contribution in [1.82, 2.24) is 15.2 Å². The minimum absolute atomic E-state index is 0.217. The van der Waals surface area contributed by atoms with Gasteiger partial charge in [0.05, 0.1) is 6.20 Å². The number of rotatable bonds is 3. The number of aromatic nitrogens is 3. The molecular weight excluding hydrogens is 223 g/mol. The van der Waals surface area contributed by atoms with Crippen molar-refractivity contribution in [2.24, 2.45) is 0 Å². The first-order chi connectivity index (χ1) is 8.20. The van der Waals surface area contributed by atoms with Gasteiger partial charge in [0, 0.05) is 23.4 Å². The second kappa shape index (κ2) is 4.73. The third kappa shape index (κ3) is 2.47. The number of halogens is 1. The van der Waals surface area contributed by atoms with Crippen LogP contribution < -0.4 is 5.32 Å². The van der Waals surface area contributed by atoms with Gasteiger partial charge in [0.25, 0.3) is 5.91 Å². The van der Waals surface area contributed by atoms with E-state index in [1.165, 1.54) is 12.3 Å². The molecule has 0 saturated heterocycles. The van der Waals surface area contributed by atoms with Gasteiger partial charge in [-0.3, -0.25) is 9.89 Å². The molecule has 5 nitrogen and oxygen atoms in total. The highest BCUT2D eigenvalue weighted by Crippen LogP contribution is 2.12. The van der Waals surface area contributed by atoms with Gasteiger partial charge in [0.2, 0.25) is 5.95 Å². The molecule has 2 rings (SSSR count). The third-order valence-electron chi connectivity index (χ3n) is 2.33. The maximum Gasteiger partial charge on any atom is 0.257 e. The zero-order chi connectivity index (χ0) is 12.3. The second-order valence-electron chi connectivity index (χ2n) is 3.45. The van der Waals surface area contributed by atoms with Gasteiger partial charge in [0.15, 0.2) is 0 Å². The molecule has 2 N–H and O–H groups in total. The van der Waals surface area contributed by atoms with Gasteiger partial charge in [-0.1, -0.05) is 6.92 Å². The number of aryl methyl sites for hydroxylation is 1. The van der Waals surface area contributed by atoms with Gasteiger partial charge in [0.1, 0.15) is 5.82 Å². The molecule has 0 fully saturated rings. The van der Waals surface area contributed by atoms with E-state index in [0.29, 0.717) is 5.82 Å². The highest BCUT2D eigenvalue weighted by molar-refractivity contribution is 6.03. The van der Waals surface area contributed by atoms with Crippen molar-refractivity contribution in [2.45, 2.75) is 13.3 Å². The molecule has 17 heavy (non-hydrogen) atoms. The van der Waals surface area contributed by atoms with Crippen molar-refractivity contribution in [3.8, 4) is 0 Å². The quantitative estimate of drug-likeness (QED) is 0.795. The summed E-state index contributed by atoms with van der Waals surface area (Å²) in [5, 5.41) is 9.15. The highest BCUT2D eigenvalue weighted by atomic mass is 19.1. The Hall–Kier alpha value is -2.24. The molecule has 0 atom stereocenters. The normalized spacial score (nSPS) is 10.2.